The second kappa shape index (κ2) is 5.70. The minimum atomic E-state index is 0.520. The third kappa shape index (κ3) is 2.87. The minimum Gasteiger partial charge on any atom is -0.497 e. The first-order chi connectivity index (χ1) is 9.80. The van der Waals surface area contributed by atoms with Crippen LogP contribution in [0.1, 0.15) is 32.6 Å². The molecule has 0 aliphatic heterocycles. The summed E-state index contributed by atoms with van der Waals surface area (Å²) in [5, 5.41) is 5.97. The van der Waals surface area contributed by atoms with Gasteiger partial charge in [-0.3, -0.25) is 0 Å². The molecule has 1 aromatic carbocycles. The number of hydrogen-bond acceptors (Lipinski definition) is 3. The summed E-state index contributed by atoms with van der Waals surface area (Å²) in [7, 11) is 1.70. The largest absolute Gasteiger partial charge is 0.497 e. The SMILES string of the molecule is CCC(CC1CC1)Nc1nccc2ccc(OC)cc12. The zero-order valence-corrected chi connectivity index (χ0v) is 12.2. The van der Waals surface area contributed by atoms with Crippen LogP contribution in [0.4, 0.5) is 5.82 Å². The first-order valence-corrected chi connectivity index (χ1v) is 7.49. The Morgan fingerprint density at radius 1 is 1.35 bits per heavy atom. The number of ether oxygens (including phenoxy) is 1. The zero-order valence-electron chi connectivity index (χ0n) is 12.2. The van der Waals surface area contributed by atoms with E-state index in [1.165, 1.54) is 24.6 Å². The highest BCUT2D eigenvalue weighted by atomic mass is 16.5. The number of fused-ring (bicyclic) bond motifs is 1. The van der Waals surface area contributed by atoms with Crippen LogP contribution in [0, 0.1) is 5.92 Å². The molecule has 3 heteroatoms. The number of aromatic nitrogens is 1. The van der Waals surface area contributed by atoms with Crippen molar-refractivity contribution in [1.82, 2.24) is 4.98 Å². The van der Waals surface area contributed by atoms with Crippen molar-refractivity contribution in [3.05, 3.63) is 30.5 Å². The van der Waals surface area contributed by atoms with E-state index in [9.17, 15) is 0 Å². The number of methoxy groups -OCH3 is 1. The van der Waals surface area contributed by atoms with Crippen LogP contribution < -0.4 is 10.1 Å². The normalized spacial score (nSPS) is 16.1. The quantitative estimate of drug-likeness (QED) is 0.852. The number of benzene rings is 1. The fraction of sp³-hybridized carbons (Fsp3) is 0.471. The molecule has 3 rings (SSSR count). The van der Waals surface area contributed by atoms with Gasteiger partial charge in [-0.25, -0.2) is 4.98 Å². The Hall–Kier alpha value is -1.77. The topological polar surface area (TPSA) is 34.2 Å². The van der Waals surface area contributed by atoms with Crippen molar-refractivity contribution in [2.45, 2.75) is 38.6 Å². The minimum absolute atomic E-state index is 0.520. The van der Waals surface area contributed by atoms with Crippen LogP contribution in [0.2, 0.25) is 0 Å². The number of nitrogens with zero attached hydrogens (tertiary/aromatic N) is 1. The van der Waals surface area contributed by atoms with Gasteiger partial charge in [0, 0.05) is 17.6 Å². The molecule has 106 valence electrons. The molecule has 1 unspecified atom stereocenters. The maximum atomic E-state index is 5.33. The maximum Gasteiger partial charge on any atom is 0.134 e. The fourth-order valence-corrected chi connectivity index (χ4v) is 2.67. The van der Waals surface area contributed by atoms with Gasteiger partial charge in [0.2, 0.25) is 0 Å². The van der Waals surface area contributed by atoms with E-state index in [1.807, 2.05) is 18.3 Å². The summed E-state index contributed by atoms with van der Waals surface area (Å²) in [5.41, 5.74) is 0. The van der Waals surface area contributed by atoms with Crippen molar-refractivity contribution in [2.75, 3.05) is 12.4 Å². The van der Waals surface area contributed by atoms with Crippen LogP contribution in [0.25, 0.3) is 10.8 Å². The molecule has 3 nitrogen and oxygen atoms in total. The lowest BCUT2D eigenvalue weighted by Gasteiger charge is -2.18. The molecule has 2 aromatic rings. The van der Waals surface area contributed by atoms with E-state index in [0.29, 0.717) is 6.04 Å². The van der Waals surface area contributed by atoms with Gasteiger partial charge in [-0.05, 0) is 42.3 Å². The Kier molecular flexibility index (Phi) is 3.77. The highest BCUT2D eigenvalue weighted by Gasteiger charge is 2.25. The standard InChI is InChI=1S/C17H22N2O/c1-3-14(10-12-4-5-12)19-17-16-11-15(20-2)7-6-13(16)8-9-18-17/h6-9,11-12,14H,3-5,10H2,1-2H3,(H,18,19). The van der Waals surface area contributed by atoms with Gasteiger partial charge in [0.05, 0.1) is 7.11 Å². The molecule has 0 amide bonds. The van der Waals surface area contributed by atoms with Gasteiger partial charge in [-0.2, -0.15) is 0 Å². The Balaban J connectivity index is 1.88. The van der Waals surface area contributed by atoms with Crippen LogP contribution >= 0.6 is 0 Å². The second-order valence-corrected chi connectivity index (χ2v) is 5.68. The lowest BCUT2D eigenvalue weighted by molar-refractivity contribution is 0.415. The average molecular weight is 270 g/mol. The summed E-state index contributed by atoms with van der Waals surface area (Å²) in [6.45, 7) is 2.24. The summed E-state index contributed by atoms with van der Waals surface area (Å²) in [5.74, 6) is 2.79. The smallest absolute Gasteiger partial charge is 0.134 e. The zero-order chi connectivity index (χ0) is 13.9. The molecule has 1 N–H and O–H groups in total. The molecule has 0 saturated heterocycles. The number of rotatable bonds is 6. The van der Waals surface area contributed by atoms with E-state index in [0.717, 1.165) is 29.3 Å². The summed E-state index contributed by atoms with van der Waals surface area (Å²) >= 11 is 0. The van der Waals surface area contributed by atoms with E-state index in [4.69, 9.17) is 4.74 Å². The molecule has 0 spiro atoms. The monoisotopic (exact) mass is 270 g/mol. The van der Waals surface area contributed by atoms with E-state index < -0.39 is 0 Å². The second-order valence-electron chi connectivity index (χ2n) is 5.68. The van der Waals surface area contributed by atoms with Gasteiger partial charge < -0.3 is 10.1 Å². The van der Waals surface area contributed by atoms with Gasteiger partial charge in [-0.1, -0.05) is 25.8 Å². The molecular formula is C17H22N2O. The van der Waals surface area contributed by atoms with Crippen molar-refractivity contribution in [2.24, 2.45) is 5.92 Å². The van der Waals surface area contributed by atoms with Crippen LogP contribution in [0.15, 0.2) is 30.5 Å². The predicted octanol–water partition coefficient (Wildman–Crippen LogP) is 4.23. The number of hydrogen-bond donors (Lipinski definition) is 1. The van der Waals surface area contributed by atoms with Crippen molar-refractivity contribution < 1.29 is 4.74 Å². The molecular weight excluding hydrogens is 248 g/mol. The van der Waals surface area contributed by atoms with Crippen LogP contribution in [0.3, 0.4) is 0 Å². The lowest BCUT2D eigenvalue weighted by atomic mass is 10.1. The summed E-state index contributed by atoms with van der Waals surface area (Å²) in [6.07, 6.45) is 7.07. The van der Waals surface area contributed by atoms with Crippen molar-refractivity contribution >= 4 is 16.6 Å². The molecule has 1 atom stereocenters. The van der Waals surface area contributed by atoms with Crippen LogP contribution in [0.5, 0.6) is 5.75 Å². The first kappa shape index (κ1) is 13.2. The van der Waals surface area contributed by atoms with E-state index in [1.54, 1.807) is 7.11 Å². The van der Waals surface area contributed by atoms with Crippen molar-refractivity contribution in [3.63, 3.8) is 0 Å². The van der Waals surface area contributed by atoms with Gasteiger partial charge in [-0.15, -0.1) is 0 Å². The summed E-state index contributed by atoms with van der Waals surface area (Å²) in [4.78, 5) is 4.53. The summed E-state index contributed by atoms with van der Waals surface area (Å²) in [6, 6.07) is 8.71. The Bertz CT molecular complexity index is 593. The average Bonchev–Trinajstić information content (AvgIpc) is 3.30. The van der Waals surface area contributed by atoms with Gasteiger partial charge in [0.25, 0.3) is 0 Å². The molecule has 1 aliphatic rings. The molecule has 1 fully saturated rings. The van der Waals surface area contributed by atoms with E-state index in [-0.39, 0.29) is 0 Å². The van der Waals surface area contributed by atoms with Gasteiger partial charge in [0.1, 0.15) is 11.6 Å². The third-order valence-corrected chi connectivity index (χ3v) is 4.12. The molecule has 20 heavy (non-hydrogen) atoms. The number of pyridine rings is 1. The Labute approximate surface area is 120 Å². The number of nitrogens with one attached hydrogen (secondary N) is 1. The first-order valence-electron chi connectivity index (χ1n) is 7.49. The molecule has 1 aromatic heterocycles. The van der Waals surface area contributed by atoms with Gasteiger partial charge in [0.15, 0.2) is 0 Å². The highest BCUT2D eigenvalue weighted by Crippen LogP contribution is 2.35. The Morgan fingerprint density at radius 3 is 2.90 bits per heavy atom. The predicted molar refractivity (Wildman–Crippen MR) is 83.3 cm³/mol. The Morgan fingerprint density at radius 2 is 2.20 bits per heavy atom. The summed E-state index contributed by atoms with van der Waals surface area (Å²) < 4.78 is 5.33. The van der Waals surface area contributed by atoms with Crippen molar-refractivity contribution in [1.29, 1.82) is 0 Å². The molecule has 0 radical (unpaired) electrons. The lowest BCUT2D eigenvalue weighted by Crippen LogP contribution is -2.20. The highest BCUT2D eigenvalue weighted by molar-refractivity contribution is 5.92. The van der Waals surface area contributed by atoms with Crippen LogP contribution in [-0.4, -0.2) is 18.1 Å². The third-order valence-electron chi connectivity index (χ3n) is 4.12. The maximum absolute atomic E-state index is 5.33. The molecule has 1 saturated carbocycles. The molecule has 1 heterocycles. The van der Waals surface area contributed by atoms with E-state index in [2.05, 4.69) is 29.4 Å². The van der Waals surface area contributed by atoms with Crippen molar-refractivity contribution in [3.8, 4) is 5.75 Å². The van der Waals surface area contributed by atoms with E-state index >= 15 is 0 Å². The van der Waals surface area contributed by atoms with Crippen LogP contribution in [-0.2, 0) is 0 Å². The number of anilines is 1. The molecule has 1 aliphatic carbocycles. The van der Waals surface area contributed by atoms with Gasteiger partial charge >= 0.3 is 0 Å². The fourth-order valence-electron chi connectivity index (χ4n) is 2.67. The molecule has 0 bridgehead atoms.